The maximum atomic E-state index is 5.95. The molecule has 0 amide bonds. The van der Waals surface area contributed by atoms with Gasteiger partial charge in [-0.1, -0.05) is 24.3 Å². The molecule has 0 saturated heterocycles. The molecule has 1 unspecified atom stereocenters. The van der Waals surface area contributed by atoms with Gasteiger partial charge in [0.25, 0.3) is 0 Å². The zero-order chi connectivity index (χ0) is 13.8. The highest BCUT2D eigenvalue weighted by atomic mass is 32.1. The van der Waals surface area contributed by atoms with Crippen LogP contribution in [0.5, 0.6) is 5.75 Å². The second kappa shape index (κ2) is 5.84. The van der Waals surface area contributed by atoms with Gasteiger partial charge >= 0.3 is 0 Å². The number of rotatable bonds is 5. The summed E-state index contributed by atoms with van der Waals surface area (Å²) in [6, 6.07) is 7.91. The van der Waals surface area contributed by atoms with Crippen LogP contribution in [0.25, 0.3) is 0 Å². The van der Waals surface area contributed by atoms with Gasteiger partial charge in [-0.25, -0.2) is 0 Å². The minimum absolute atomic E-state index is 0.186. The molecule has 0 radical (unpaired) electrons. The van der Waals surface area contributed by atoms with Crippen LogP contribution in [0.15, 0.2) is 36.9 Å². The zero-order valence-corrected chi connectivity index (χ0v) is 11.9. The third-order valence-corrected chi connectivity index (χ3v) is 3.17. The van der Waals surface area contributed by atoms with E-state index >= 15 is 0 Å². The van der Waals surface area contributed by atoms with Crippen molar-refractivity contribution < 1.29 is 4.74 Å². The topological polar surface area (TPSA) is 42.8 Å². The monoisotopic (exact) mass is 275 g/mol. The average molecular weight is 275 g/mol. The molecule has 0 saturated carbocycles. The van der Waals surface area contributed by atoms with E-state index in [0.717, 1.165) is 17.1 Å². The molecule has 0 bridgehead atoms. The standard InChI is InChI=1S/C14H17N3OS/c1-4-9-17-13(15-16-14(17)19)11(3)18-12-8-6-5-7-10(12)2/h4-8,11H,1,9H2,2-3H3,(H,16,19). The highest BCUT2D eigenvalue weighted by Crippen LogP contribution is 2.23. The molecule has 100 valence electrons. The first kappa shape index (κ1) is 13.5. The highest BCUT2D eigenvalue weighted by Gasteiger charge is 2.15. The van der Waals surface area contributed by atoms with Crippen molar-refractivity contribution in [2.45, 2.75) is 26.5 Å². The lowest BCUT2D eigenvalue weighted by atomic mass is 10.2. The van der Waals surface area contributed by atoms with Gasteiger partial charge in [-0.3, -0.25) is 9.67 Å². The SMILES string of the molecule is C=CCn1c(C(C)Oc2ccccc2C)n[nH]c1=S. The van der Waals surface area contributed by atoms with Gasteiger partial charge in [-0.2, -0.15) is 5.10 Å². The van der Waals surface area contributed by atoms with Gasteiger partial charge in [0.1, 0.15) is 5.75 Å². The normalized spacial score (nSPS) is 12.1. The fourth-order valence-electron chi connectivity index (χ4n) is 1.88. The summed E-state index contributed by atoms with van der Waals surface area (Å²) in [5.41, 5.74) is 1.10. The third kappa shape index (κ3) is 2.93. The highest BCUT2D eigenvalue weighted by molar-refractivity contribution is 7.71. The second-order valence-electron chi connectivity index (χ2n) is 4.31. The Hall–Kier alpha value is -1.88. The maximum Gasteiger partial charge on any atom is 0.195 e. The number of nitrogens with zero attached hydrogens (tertiary/aromatic N) is 2. The van der Waals surface area contributed by atoms with Gasteiger partial charge in [-0.15, -0.1) is 6.58 Å². The fraction of sp³-hybridized carbons (Fsp3) is 0.286. The van der Waals surface area contributed by atoms with Crippen LogP contribution in [0.4, 0.5) is 0 Å². The molecule has 5 heteroatoms. The number of para-hydroxylation sites is 1. The van der Waals surface area contributed by atoms with Crippen molar-refractivity contribution in [1.82, 2.24) is 14.8 Å². The van der Waals surface area contributed by atoms with Crippen LogP contribution in [0, 0.1) is 11.7 Å². The maximum absolute atomic E-state index is 5.95. The lowest BCUT2D eigenvalue weighted by molar-refractivity contribution is 0.210. The minimum atomic E-state index is -0.186. The van der Waals surface area contributed by atoms with Crippen molar-refractivity contribution in [2.75, 3.05) is 0 Å². The minimum Gasteiger partial charge on any atom is -0.482 e. The van der Waals surface area contributed by atoms with E-state index in [2.05, 4.69) is 16.8 Å². The van der Waals surface area contributed by atoms with Crippen LogP contribution < -0.4 is 4.74 Å². The molecule has 0 aliphatic carbocycles. The molecule has 1 aromatic carbocycles. The predicted octanol–water partition coefficient (Wildman–Crippen LogP) is 3.58. The van der Waals surface area contributed by atoms with E-state index in [4.69, 9.17) is 17.0 Å². The van der Waals surface area contributed by atoms with Crippen molar-refractivity contribution in [2.24, 2.45) is 0 Å². The first-order valence-corrected chi connectivity index (χ1v) is 6.52. The number of aromatic amines is 1. The summed E-state index contributed by atoms with van der Waals surface area (Å²) < 4.78 is 8.41. The quantitative estimate of drug-likeness (QED) is 0.670. The molecule has 1 heterocycles. The Morgan fingerprint density at radius 2 is 2.26 bits per heavy atom. The van der Waals surface area contributed by atoms with E-state index in [9.17, 15) is 0 Å². The zero-order valence-electron chi connectivity index (χ0n) is 11.1. The molecule has 4 nitrogen and oxygen atoms in total. The second-order valence-corrected chi connectivity index (χ2v) is 4.70. The van der Waals surface area contributed by atoms with Crippen LogP contribution in [-0.4, -0.2) is 14.8 Å². The smallest absolute Gasteiger partial charge is 0.195 e. The lowest BCUT2D eigenvalue weighted by Gasteiger charge is -2.16. The molecule has 1 atom stereocenters. The first-order valence-electron chi connectivity index (χ1n) is 6.11. The van der Waals surface area contributed by atoms with E-state index in [1.165, 1.54) is 0 Å². The summed E-state index contributed by atoms with van der Waals surface area (Å²) >= 11 is 5.19. The summed E-state index contributed by atoms with van der Waals surface area (Å²) in [7, 11) is 0. The van der Waals surface area contributed by atoms with Crippen molar-refractivity contribution in [3.8, 4) is 5.75 Å². The number of benzene rings is 1. The van der Waals surface area contributed by atoms with Gasteiger partial charge in [0.05, 0.1) is 0 Å². The number of nitrogens with one attached hydrogen (secondary N) is 1. The molecule has 1 N–H and O–H groups in total. The third-order valence-electron chi connectivity index (χ3n) is 2.86. The summed E-state index contributed by atoms with van der Waals surface area (Å²) in [6.45, 7) is 8.31. The van der Waals surface area contributed by atoms with Crippen LogP contribution in [-0.2, 0) is 6.54 Å². The first-order chi connectivity index (χ1) is 9.13. The molecular formula is C14H17N3OS. The molecule has 1 aromatic heterocycles. The lowest BCUT2D eigenvalue weighted by Crippen LogP contribution is -2.12. The van der Waals surface area contributed by atoms with E-state index in [1.54, 1.807) is 6.08 Å². The Bertz CT molecular complexity index is 630. The summed E-state index contributed by atoms with van der Waals surface area (Å²) in [4.78, 5) is 0. The Morgan fingerprint density at radius 3 is 2.95 bits per heavy atom. The van der Waals surface area contributed by atoms with Crippen LogP contribution >= 0.6 is 12.2 Å². The summed E-state index contributed by atoms with van der Waals surface area (Å²) in [6.07, 6.45) is 1.60. The summed E-state index contributed by atoms with van der Waals surface area (Å²) in [5.74, 6) is 1.63. The summed E-state index contributed by atoms with van der Waals surface area (Å²) in [5, 5.41) is 7.02. The van der Waals surface area contributed by atoms with Gasteiger partial charge in [0, 0.05) is 6.54 Å². The van der Waals surface area contributed by atoms with Gasteiger partial charge < -0.3 is 4.74 Å². The van der Waals surface area contributed by atoms with E-state index in [1.807, 2.05) is 42.7 Å². The van der Waals surface area contributed by atoms with Crippen LogP contribution in [0.2, 0.25) is 0 Å². The van der Waals surface area contributed by atoms with E-state index in [-0.39, 0.29) is 6.10 Å². The van der Waals surface area contributed by atoms with Crippen molar-refractivity contribution in [1.29, 1.82) is 0 Å². The molecule has 0 aliphatic heterocycles. The number of allylic oxidation sites excluding steroid dienone is 1. The Balaban J connectivity index is 2.25. The molecule has 0 spiro atoms. The fourth-order valence-corrected chi connectivity index (χ4v) is 2.09. The van der Waals surface area contributed by atoms with Crippen molar-refractivity contribution in [3.05, 3.63) is 53.1 Å². The number of H-pyrrole nitrogens is 1. The predicted molar refractivity (Wildman–Crippen MR) is 77.8 cm³/mol. The molecule has 0 aliphatic rings. The van der Waals surface area contributed by atoms with Crippen molar-refractivity contribution >= 4 is 12.2 Å². The van der Waals surface area contributed by atoms with E-state index < -0.39 is 0 Å². The Morgan fingerprint density at radius 1 is 1.53 bits per heavy atom. The number of aromatic nitrogens is 3. The average Bonchev–Trinajstić information content (AvgIpc) is 2.75. The van der Waals surface area contributed by atoms with Crippen LogP contribution in [0.1, 0.15) is 24.4 Å². The molecule has 2 rings (SSSR count). The molecular weight excluding hydrogens is 258 g/mol. The van der Waals surface area contributed by atoms with Gasteiger partial charge in [0.2, 0.25) is 0 Å². The molecule has 19 heavy (non-hydrogen) atoms. The Kier molecular flexibility index (Phi) is 4.16. The number of aryl methyl sites for hydroxylation is 1. The van der Waals surface area contributed by atoms with Crippen LogP contribution in [0.3, 0.4) is 0 Å². The van der Waals surface area contributed by atoms with Gasteiger partial charge in [0.15, 0.2) is 16.7 Å². The van der Waals surface area contributed by atoms with Gasteiger partial charge in [-0.05, 0) is 37.7 Å². The number of hydrogen-bond acceptors (Lipinski definition) is 3. The van der Waals surface area contributed by atoms with Crippen molar-refractivity contribution in [3.63, 3.8) is 0 Å². The molecule has 2 aromatic rings. The largest absolute Gasteiger partial charge is 0.482 e. The Labute approximate surface area is 117 Å². The number of hydrogen-bond donors (Lipinski definition) is 1. The molecule has 0 fully saturated rings. The number of ether oxygens (including phenoxy) is 1. The van der Waals surface area contributed by atoms with E-state index in [0.29, 0.717) is 11.3 Å².